The van der Waals surface area contributed by atoms with Crippen LogP contribution in [0.15, 0.2) is 85.2 Å². The van der Waals surface area contributed by atoms with Crippen LogP contribution in [0.3, 0.4) is 0 Å². The number of fused-ring (bicyclic) bond motifs is 6. The molecule has 2 aromatic carbocycles. The number of aromatic nitrogens is 4. The van der Waals surface area contributed by atoms with Crippen molar-refractivity contribution in [2.24, 2.45) is 0 Å². The van der Waals surface area contributed by atoms with Crippen LogP contribution in [0, 0.1) is 0 Å². The number of benzene rings is 2. The van der Waals surface area contributed by atoms with Gasteiger partial charge in [-0.15, -0.1) is 0 Å². The van der Waals surface area contributed by atoms with Crippen LogP contribution in [0.2, 0.25) is 0 Å². The molecule has 0 bridgehead atoms. The monoisotopic (exact) mass is 1180 g/mol. The summed E-state index contributed by atoms with van der Waals surface area (Å²) in [6, 6.07) is 13.5. The number of thiazole rings is 2. The fourth-order valence-corrected chi connectivity index (χ4v) is 10.8. The first-order chi connectivity index (χ1) is 39.0. The van der Waals surface area contributed by atoms with Gasteiger partial charge in [-0.25, -0.2) is 38.7 Å². The van der Waals surface area contributed by atoms with E-state index < -0.39 is 35.8 Å². The number of rotatable bonds is 20. The molecule has 0 aliphatic heterocycles. The molecule has 444 valence electrons. The summed E-state index contributed by atoms with van der Waals surface area (Å²) in [4.78, 5) is 105. The van der Waals surface area contributed by atoms with Crippen molar-refractivity contribution in [1.29, 1.82) is 0 Å². The van der Waals surface area contributed by atoms with Gasteiger partial charge in [0, 0.05) is 115 Å². The molecule has 26 heteroatoms. The van der Waals surface area contributed by atoms with Crippen molar-refractivity contribution in [1.82, 2.24) is 38.4 Å². The van der Waals surface area contributed by atoms with E-state index in [-0.39, 0.29) is 11.8 Å². The molecule has 0 atom stereocenters. The highest BCUT2D eigenvalue weighted by Crippen LogP contribution is 2.30. The number of carboxylic acids is 6. The summed E-state index contributed by atoms with van der Waals surface area (Å²) in [7, 11) is 11.5. The van der Waals surface area contributed by atoms with Crippen LogP contribution in [0.25, 0.3) is 32.0 Å². The Hall–Kier alpha value is -7.88. The number of hydrogen-bond acceptors (Lipinski definition) is 16. The van der Waals surface area contributed by atoms with Crippen molar-refractivity contribution < 1.29 is 78.5 Å². The number of methoxy groups -OCH3 is 2. The Kier molecular flexibility index (Phi) is 27.4. The maximum atomic E-state index is 13.0. The lowest BCUT2D eigenvalue weighted by molar-refractivity contribution is -0.134. The number of amides is 2. The second kappa shape index (κ2) is 33.8. The topological polar surface area (TPSA) is 324 Å². The number of ether oxygens (including phenoxy) is 2. The van der Waals surface area contributed by atoms with Crippen molar-refractivity contribution in [3.05, 3.63) is 106 Å². The van der Waals surface area contributed by atoms with Gasteiger partial charge in [-0.05, 0) is 75.2 Å². The van der Waals surface area contributed by atoms with Gasteiger partial charge in [0.2, 0.25) is 0 Å². The molecule has 6 N–H and O–H groups in total. The van der Waals surface area contributed by atoms with E-state index >= 15 is 0 Å². The molecular weight excluding hydrogens is 1100 g/mol. The Bertz CT molecular complexity index is 2930. The maximum absolute atomic E-state index is 13.0. The van der Waals surface area contributed by atoms with Crippen LogP contribution in [-0.4, -0.2) is 197 Å². The van der Waals surface area contributed by atoms with Gasteiger partial charge < -0.3 is 49.9 Å². The minimum atomic E-state index is -1.26. The molecule has 2 saturated carbocycles. The highest BCUT2D eigenvalue weighted by Gasteiger charge is 2.27. The van der Waals surface area contributed by atoms with E-state index in [9.17, 15) is 38.4 Å². The van der Waals surface area contributed by atoms with Gasteiger partial charge in [0.05, 0.1) is 35.3 Å². The molecule has 0 saturated heterocycles. The minimum Gasteiger partial charge on any atom is -0.478 e. The number of hydrogen-bond donors (Lipinski definition) is 6. The summed E-state index contributed by atoms with van der Waals surface area (Å²) in [5.41, 5.74) is 6.53. The van der Waals surface area contributed by atoms with Gasteiger partial charge in [-0.1, -0.05) is 73.3 Å². The van der Waals surface area contributed by atoms with Gasteiger partial charge in [0.25, 0.3) is 11.8 Å². The second-order valence-corrected chi connectivity index (χ2v) is 21.3. The highest BCUT2D eigenvalue weighted by molar-refractivity contribution is 7.19. The zero-order valence-corrected chi connectivity index (χ0v) is 48.3. The Morgan fingerprint density at radius 2 is 0.817 bits per heavy atom. The zero-order chi connectivity index (χ0) is 60.5. The predicted octanol–water partition coefficient (Wildman–Crippen LogP) is 7.20. The third-order valence-corrected chi connectivity index (χ3v) is 15.0. The smallest absolute Gasteiger partial charge is 0.328 e. The molecule has 8 rings (SSSR count). The van der Waals surface area contributed by atoms with Crippen LogP contribution < -0.4 is 0 Å². The third kappa shape index (κ3) is 21.9. The van der Waals surface area contributed by atoms with E-state index in [4.69, 9.17) is 50.1 Å². The van der Waals surface area contributed by atoms with E-state index in [0.29, 0.717) is 48.5 Å². The predicted molar refractivity (Wildman–Crippen MR) is 309 cm³/mol. The van der Waals surface area contributed by atoms with E-state index in [0.717, 1.165) is 107 Å². The Balaban J connectivity index is 0.000000254. The Morgan fingerprint density at radius 1 is 0.512 bits per heavy atom. The molecule has 2 amide bonds. The summed E-state index contributed by atoms with van der Waals surface area (Å²) in [6.45, 7) is 4.93. The van der Waals surface area contributed by atoms with Gasteiger partial charge in [0.1, 0.15) is 9.75 Å². The van der Waals surface area contributed by atoms with Crippen molar-refractivity contribution >= 4 is 102 Å². The summed E-state index contributed by atoms with van der Waals surface area (Å²) in [5.74, 6) is -7.30. The number of carboxylic acid groups (broad SMARTS) is 6. The number of carbonyl (C=O) groups is 8. The summed E-state index contributed by atoms with van der Waals surface area (Å²) >= 11 is 2.98. The normalized spacial score (nSPS) is 13.8. The van der Waals surface area contributed by atoms with E-state index in [1.54, 1.807) is 14.2 Å². The molecule has 2 aliphatic rings. The molecular formula is C56H72N8O16S2. The molecule has 82 heavy (non-hydrogen) atoms. The van der Waals surface area contributed by atoms with Crippen LogP contribution in [0.4, 0.5) is 0 Å². The van der Waals surface area contributed by atoms with Crippen LogP contribution in [0.5, 0.6) is 0 Å². The molecule has 4 aromatic heterocycles. The Morgan fingerprint density at radius 3 is 1.10 bits per heavy atom. The number of likely N-dealkylation sites (N-methyl/N-ethyl adjacent to an activating group) is 2. The average Bonchev–Trinajstić information content (AvgIpc) is 4.25. The van der Waals surface area contributed by atoms with Crippen molar-refractivity contribution in [3.63, 3.8) is 0 Å². The molecule has 0 unspecified atom stereocenters. The van der Waals surface area contributed by atoms with Gasteiger partial charge in [-0.3, -0.25) is 28.2 Å². The lowest BCUT2D eigenvalue weighted by Gasteiger charge is -2.30. The molecule has 6 aromatic rings. The van der Waals surface area contributed by atoms with Crippen molar-refractivity contribution in [2.75, 3.05) is 68.7 Å². The molecule has 2 fully saturated rings. The lowest BCUT2D eigenvalue weighted by atomic mass is 9.94. The van der Waals surface area contributed by atoms with Gasteiger partial charge >= 0.3 is 35.8 Å². The van der Waals surface area contributed by atoms with Gasteiger partial charge in [0.15, 0.2) is 9.92 Å². The first-order valence-electron chi connectivity index (χ1n) is 26.1. The average molecular weight is 1180 g/mol. The van der Waals surface area contributed by atoms with E-state index in [1.807, 2.05) is 36.3 Å². The molecule has 2 aliphatic carbocycles. The molecule has 4 heterocycles. The number of nitrogens with zero attached hydrogens (tertiary/aromatic N) is 8. The second-order valence-electron chi connectivity index (χ2n) is 19.3. The highest BCUT2D eigenvalue weighted by atomic mass is 32.1. The first kappa shape index (κ1) is 66.6. The third-order valence-electron chi connectivity index (χ3n) is 13.0. The van der Waals surface area contributed by atoms with Crippen LogP contribution in [0.1, 0.15) is 94.7 Å². The lowest BCUT2D eigenvalue weighted by Crippen LogP contribution is -2.37. The summed E-state index contributed by atoms with van der Waals surface area (Å²) in [6.07, 6.45) is 19.2. The fraction of sp³-hybridized carbons (Fsp3) is 0.429. The molecule has 0 radical (unpaired) electrons. The van der Waals surface area contributed by atoms with Crippen LogP contribution >= 0.6 is 22.7 Å². The molecule has 0 spiro atoms. The van der Waals surface area contributed by atoms with Crippen molar-refractivity contribution in [2.45, 2.75) is 89.4 Å². The largest absolute Gasteiger partial charge is 0.478 e. The number of carbonyl (C=O) groups excluding carboxylic acids is 2. The quantitative estimate of drug-likeness (QED) is 0.0412. The SMILES string of the molecule is COCCN(C)Cc1ccc2nc3sc(C(=O)N(C)C4CCCCC4)cn3c2c1.COCCN(C)Cc1ccc2nc3sc(C(=O)N(C)C4CCCCC4)cn3c2c1.O=C(O)C=CC(=O)O.O=C(O)C=CC(=O)O.O=C(O)C=CC(=O)O. The van der Waals surface area contributed by atoms with E-state index in [1.165, 1.54) is 72.3 Å². The van der Waals surface area contributed by atoms with Gasteiger partial charge in [-0.2, -0.15) is 0 Å². The Labute approximate surface area is 481 Å². The summed E-state index contributed by atoms with van der Waals surface area (Å²) < 4.78 is 14.5. The van der Waals surface area contributed by atoms with Crippen LogP contribution in [-0.2, 0) is 51.3 Å². The standard InChI is InChI=1S/2C22H30N4O2S.3C4H4O4/c2*1-24(11-12-28-3)14-16-9-10-18-19(13-16)26-15-20(29-22(26)23-18)21(27)25(2)17-7-5-4-6-8-17;3*5-3(6)1-2-4(7)8/h2*9-10,13,15,17H,4-8,11-12,14H2,1-3H3;3*1-2H,(H,5,6)(H,7,8). The minimum absolute atomic E-state index is 0.121. The maximum Gasteiger partial charge on any atom is 0.328 e. The first-order valence-corrected chi connectivity index (χ1v) is 27.8. The van der Waals surface area contributed by atoms with Crippen molar-refractivity contribution in [3.8, 4) is 0 Å². The number of imidazole rings is 2. The van der Waals surface area contributed by atoms with E-state index in [2.05, 4.69) is 69.1 Å². The fourth-order valence-electron chi connectivity index (χ4n) is 8.82. The number of aliphatic carboxylic acids is 6. The molecule has 24 nitrogen and oxygen atoms in total. The summed E-state index contributed by atoms with van der Waals surface area (Å²) in [5, 5.41) is 46.9. The zero-order valence-electron chi connectivity index (χ0n) is 46.7.